The van der Waals surface area contributed by atoms with Crippen LogP contribution in [0.2, 0.25) is 0 Å². The first-order valence-corrected chi connectivity index (χ1v) is 6.16. The predicted molar refractivity (Wildman–Crippen MR) is 61.7 cm³/mol. The van der Waals surface area contributed by atoms with E-state index in [4.69, 9.17) is 0 Å². The normalized spacial score (nSPS) is 38.5. The van der Waals surface area contributed by atoms with Crippen LogP contribution in [0.1, 0.15) is 43.4 Å². The second-order valence-electron chi connectivity index (χ2n) is 5.54. The van der Waals surface area contributed by atoms with E-state index in [2.05, 4.69) is 31.0 Å². The number of aromatic nitrogens is 1. The second kappa shape index (κ2) is 3.33. The van der Waals surface area contributed by atoms with E-state index in [-0.39, 0.29) is 0 Å². The monoisotopic (exact) mass is 201 g/mol. The van der Waals surface area contributed by atoms with Gasteiger partial charge in [0.05, 0.1) is 0 Å². The number of hydrogen-bond donors (Lipinski definition) is 0. The minimum atomic E-state index is 0.841. The largest absolute Gasteiger partial charge is 0.262 e. The smallest absolute Gasteiger partial charge is 0.0375 e. The van der Waals surface area contributed by atoms with E-state index in [1.54, 1.807) is 5.56 Å². The van der Waals surface area contributed by atoms with Gasteiger partial charge in [-0.2, -0.15) is 0 Å². The number of hydrogen-bond acceptors (Lipinski definition) is 1. The molecule has 15 heavy (non-hydrogen) atoms. The molecule has 1 aromatic rings. The van der Waals surface area contributed by atoms with Crippen molar-refractivity contribution in [2.75, 3.05) is 0 Å². The Hall–Kier alpha value is -0.850. The van der Waals surface area contributed by atoms with Crippen LogP contribution in [0.4, 0.5) is 0 Å². The summed E-state index contributed by atoms with van der Waals surface area (Å²) in [6, 6.07) is 4.51. The molecule has 2 saturated carbocycles. The number of rotatable bonds is 1. The highest BCUT2D eigenvalue weighted by Gasteiger charge is 2.44. The molecule has 2 aliphatic carbocycles. The molecule has 4 unspecified atom stereocenters. The predicted octanol–water partition coefficient (Wildman–Crippen LogP) is 3.54. The topological polar surface area (TPSA) is 12.9 Å². The maximum Gasteiger partial charge on any atom is 0.0375 e. The zero-order valence-electron chi connectivity index (χ0n) is 9.61. The van der Waals surface area contributed by atoms with Crippen molar-refractivity contribution in [1.82, 2.24) is 4.98 Å². The lowest BCUT2D eigenvalue weighted by atomic mass is 9.79. The highest BCUT2D eigenvalue weighted by Crippen LogP contribution is 2.55. The van der Waals surface area contributed by atoms with Crippen molar-refractivity contribution in [2.24, 2.45) is 17.8 Å². The summed E-state index contributed by atoms with van der Waals surface area (Å²) in [5.74, 6) is 3.79. The average molecular weight is 201 g/mol. The maximum atomic E-state index is 4.29. The van der Waals surface area contributed by atoms with Crippen molar-refractivity contribution >= 4 is 0 Å². The number of fused-ring (bicyclic) bond motifs is 2. The third-order valence-corrected chi connectivity index (χ3v) is 4.56. The first-order chi connectivity index (χ1) is 7.24. The molecule has 1 aromatic heterocycles. The summed E-state index contributed by atoms with van der Waals surface area (Å²) < 4.78 is 0. The summed E-state index contributed by atoms with van der Waals surface area (Å²) in [6.07, 6.45) is 6.33. The first kappa shape index (κ1) is 9.38. The second-order valence-corrected chi connectivity index (χ2v) is 5.54. The lowest BCUT2D eigenvalue weighted by Crippen LogP contribution is -2.14. The summed E-state index contributed by atoms with van der Waals surface area (Å²) in [4.78, 5) is 4.29. The Morgan fingerprint density at radius 3 is 2.67 bits per heavy atom. The molecule has 2 fully saturated rings. The Morgan fingerprint density at radius 1 is 1.20 bits per heavy atom. The minimum Gasteiger partial charge on any atom is -0.262 e. The molecule has 1 heterocycles. The van der Waals surface area contributed by atoms with E-state index in [0.29, 0.717) is 0 Å². The van der Waals surface area contributed by atoms with Gasteiger partial charge in [-0.05, 0) is 67.6 Å². The standard InChI is InChI=1S/C14H19N/c1-9-5-13-7-12(9)8-14(13)11-3-4-15-10(2)6-11/h3-4,6,9,12-14H,5,7-8H2,1-2H3. The van der Waals surface area contributed by atoms with Gasteiger partial charge in [-0.3, -0.25) is 4.98 Å². The van der Waals surface area contributed by atoms with E-state index in [1.807, 2.05) is 6.20 Å². The van der Waals surface area contributed by atoms with Gasteiger partial charge in [-0.25, -0.2) is 0 Å². The van der Waals surface area contributed by atoms with E-state index in [9.17, 15) is 0 Å². The molecule has 1 heteroatoms. The SMILES string of the molecule is Cc1cc(C2CC3CC2CC3C)ccn1. The van der Waals surface area contributed by atoms with Crippen LogP contribution in [0.5, 0.6) is 0 Å². The Bertz CT molecular complexity index is 369. The number of pyridine rings is 1. The first-order valence-electron chi connectivity index (χ1n) is 6.16. The van der Waals surface area contributed by atoms with Crippen LogP contribution in [0.15, 0.2) is 18.3 Å². The highest BCUT2D eigenvalue weighted by molar-refractivity contribution is 5.23. The molecule has 0 amide bonds. The van der Waals surface area contributed by atoms with Gasteiger partial charge in [-0.1, -0.05) is 6.92 Å². The van der Waals surface area contributed by atoms with Crippen LogP contribution in [-0.4, -0.2) is 4.98 Å². The quantitative estimate of drug-likeness (QED) is 0.677. The Labute approximate surface area is 91.9 Å². The van der Waals surface area contributed by atoms with E-state index in [1.165, 1.54) is 25.0 Å². The molecule has 0 saturated heterocycles. The van der Waals surface area contributed by atoms with Gasteiger partial charge in [0.25, 0.3) is 0 Å². The summed E-state index contributed by atoms with van der Waals surface area (Å²) in [6.45, 7) is 4.53. The van der Waals surface area contributed by atoms with Crippen LogP contribution in [0.3, 0.4) is 0 Å². The minimum absolute atomic E-state index is 0.841. The summed E-state index contributed by atoms with van der Waals surface area (Å²) in [5, 5.41) is 0. The summed E-state index contributed by atoms with van der Waals surface area (Å²) in [5.41, 5.74) is 2.71. The van der Waals surface area contributed by atoms with Crippen molar-refractivity contribution in [3.63, 3.8) is 0 Å². The molecule has 0 spiro atoms. The lowest BCUT2D eigenvalue weighted by molar-refractivity contribution is 0.327. The fraction of sp³-hybridized carbons (Fsp3) is 0.643. The average Bonchev–Trinajstić information content (AvgIpc) is 2.76. The molecule has 0 aliphatic heterocycles. The lowest BCUT2D eigenvalue weighted by Gasteiger charge is -2.26. The third kappa shape index (κ3) is 1.49. The van der Waals surface area contributed by atoms with E-state index >= 15 is 0 Å². The molecule has 0 aromatic carbocycles. The zero-order chi connectivity index (χ0) is 10.4. The van der Waals surface area contributed by atoms with Crippen molar-refractivity contribution in [3.05, 3.63) is 29.6 Å². The Kier molecular flexibility index (Phi) is 2.08. The number of nitrogens with zero attached hydrogens (tertiary/aromatic N) is 1. The van der Waals surface area contributed by atoms with E-state index in [0.717, 1.165) is 23.7 Å². The third-order valence-electron chi connectivity index (χ3n) is 4.56. The van der Waals surface area contributed by atoms with Crippen LogP contribution < -0.4 is 0 Å². The molecule has 0 N–H and O–H groups in total. The summed E-state index contributed by atoms with van der Waals surface area (Å²) >= 11 is 0. The molecule has 2 aliphatic rings. The van der Waals surface area contributed by atoms with Crippen molar-refractivity contribution in [3.8, 4) is 0 Å². The van der Waals surface area contributed by atoms with Crippen LogP contribution >= 0.6 is 0 Å². The maximum absolute atomic E-state index is 4.29. The molecule has 4 atom stereocenters. The van der Waals surface area contributed by atoms with Gasteiger partial charge in [0, 0.05) is 11.9 Å². The van der Waals surface area contributed by atoms with Gasteiger partial charge >= 0.3 is 0 Å². The molecule has 80 valence electrons. The van der Waals surface area contributed by atoms with Gasteiger partial charge in [0.2, 0.25) is 0 Å². The van der Waals surface area contributed by atoms with Crippen molar-refractivity contribution in [2.45, 2.75) is 39.0 Å². The van der Waals surface area contributed by atoms with Crippen molar-refractivity contribution < 1.29 is 0 Å². The zero-order valence-corrected chi connectivity index (χ0v) is 9.61. The van der Waals surface area contributed by atoms with Gasteiger partial charge in [0.15, 0.2) is 0 Å². The van der Waals surface area contributed by atoms with E-state index < -0.39 is 0 Å². The molecular weight excluding hydrogens is 182 g/mol. The highest BCUT2D eigenvalue weighted by atomic mass is 14.7. The molecule has 3 rings (SSSR count). The molecule has 1 nitrogen and oxygen atoms in total. The van der Waals surface area contributed by atoms with Crippen LogP contribution in [-0.2, 0) is 0 Å². The molecular formula is C14H19N. The van der Waals surface area contributed by atoms with Crippen molar-refractivity contribution in [1.29, 1.82) is 0 Å². The van der Waals surface area contributed by atoms with Gasteiger partial charge in [-0.15, -0.1) is 0 Å². The fourth-order valence-corrected chi connectivity index (χ4v) is 3.77. The molecule has 2 bridgehead atoms. The summed E-state index contributed by atoms with van der Waals surface area (Å²) in [7, 11) is 0. The Morgan fingerprint density at radius 2 is 2.07 bits per heavy atom. The van der Waals surface area contributed by atoms with Gasteiger partial charge in [0.1, 0.15) is 0 Å². The fourth-order valence-electron chi connectivity index (χ4n) is 3.77. The van der Waals surface area contributed by atoms with Crippen LogP contribution in [0.25, 0.3) is 0 Å². The van der Waals surface area contributed by atoms with Gasteiger partial charge < -0.3 is 0 Å². The number of aryl methyl sites for hydroxylation is 1. The molecule has 0 radical (unpaired) electrons. The van der Waals surface area contributed by atoms with Crippen LogP contribution in [0, 0.1) is 24.7 Å². The Balaban J connectivity index is 1.86.